The Morgan fingerprint density at radius 1 is 1.41 bits per heavy atom. The lowest BCUT2D eigenvalue weighted by Gasteiger charge is -2.17. The fraction of sp³-hybridized carbons (Fsp3) is 0.300. The van der Waals surface area contributed by atoms with Crippen LogP contribution in [0.5, 0.6) is 0 Å². The van der Waals surface area contributed by atoms with Crippen LogP contribution in [0.2, 0.25) is 0 Å². The number of rotatable bonds is 5. The van der Waals surface area contributed by atoms with Gasteiger partial charge in [-0.1, -0.05) is 18.2 Å². The van der Waals surface area contributed by atoms with Gasteiger partial charge in [-0.05, 0) is 19.1 Å². The van der Waals surface area contributed by atoms with Crippen LogP contribution in [0.4, 0.5) is 0 Å². The fourth-order valence-electron chi connectivity index (χ4n) is 0.989. The standard InChI is InChI=1S/C10H12ClNO4S/c1-10(11,9(13)14)7-12-17(15,16)8-5-3-2-4-6-8/h2-6,12H,7H2,1H3,(H,13,14). The van der Waals surface area contributed by atoms with E-state index in [1.165, 1.54) is 19.1 Å². The smallest absolute Gasteiger partial charge is 0.325 e. The zero-order valence-electron chi connectivity index (χ0n) is 9.05. The molecule has 0 saturated carbocycles. The molecule has 0 aliphatic rings. The molecule has 5 nitrogen and oxygen atoms in total. The first kappa shape index (κ1) is 14.0. The summed E-state index contributed by atoms with van der Waals surface area (Å²) >= 11 is 5.64. The van der Waals surface area contributed by atoms with E-state index in [1.54, 1.807) is 18.2 Å². The zero-order chi connectivity index (χ0) is 13.1. The second-order valence-electron chi connectivity index (χ2n) is 3.64. The highest BCUT2D eigenvalue weighted by Crippen LogP contribution is 2.15. The lowest BCUT2D eigenvalue weighted by Crippen LogP contribution is -2.42. The van der Waals surface area contributed by atoms with E-state index >= 15 is 0 Å². The Bertz CT molecular complexity index is 498. The Balaban J connectivity index is 2.80. The maximum atomic E-state index is 11.7. The third-order valence-corrected chi connectivity index (χ3v) is 3.81. The fourth-order valence-corrected chi connectivity index (χ4v) is 2.30. The number of sulfonamides is 1. The van der Waals surface area contributed by atoms with Crippen LogP contribution >= 0.6 is 11.6 Å². The van der Waals surface area contributed by atoms with Gasteiger partial charge in [0, 0.05) is 6.54 Å². The van der Waals surface area contributed by atoms with Crippen molar-refractivity contribution >= 4 is 27.6 Å². The largest absolute Gasteiger partial charge is 0.480 e. The number of hydrogen-bond acceptors (Lipinski definition) is 3. The maximum Gasteiger partial charge on any atom is 0.325 e. The molecule has 94 valence electrons. The quantitative estimate of drug-likeness (QED) is 0.788. The third kappa shape index (κ3) is 3.69. The van der Waals surface area contributed by atoms with E-state index in [2.05, 4.69) is 4.72 Å². The van der Waals surface area contributed by atoms with Crippen LogP contribution in [0.15, 0.2) is 35.2 Å². The Labute approximate surface area is 104 Å². The van der Waals surface area contributed by atoms with E-state index in [-0.39, 0.29) is 11.4 Å². The number of carboxylic acid groups (broad SMARTS) is 1. The van der Waals surface area contributed by atoms with Gasteiger partial charge in [-0.3, -0.25) is 4.79 Å². The second-order valence-corrected chi connectivity index (χ2v) is 6.24. The molecule has 0 fully saturated rings. The summed E-state index contributed by atoms with van der Waals surface area (Å²) in [7, 11) is -3.72. The first-order chi connectivity index (χ1) is 7.76. The summed E-state index contributed by atoms with van der Waals surface area (Å²) in [5.74, 6) is -1.28. The van der Waals surface area contributed by atoms with Gasteiger partial charge in [-0.25, -0.2) is 13.1 Å². The number of hydrogen-bond donors (Lipinski definition) is 2. The Kier molecular flexibility index (Phi) is 4.13. The van der Waals surface area contributed by atoms with Gasteiger partial charge in [0.2, 0.25) is 10.0 Å². The van der Waals surface area contributed by atoms with E-state index in [4.69, 9.17) is 16.7 Å². The van der Waals surface area contributed by atoms with Crippen LogP contribution in [0.3, 0.4) is 0 Å². The predicted octanol–water partition coefficient (Wildman–Crippen LogP) is 1.05. The second kappa shape index (κ2) is 5.03. The highest BCUT2D eigenvalue weighted by molar-refractivity contribution is 7.89. The number of benzene rings is 1. The minimum atomic E-state index is -3.72. The molecule has 1 atom stereocenters. The van der Waals surface area contributed by atoms with Gasteiger partial charge in [-0.2, -0.15) is 0 Å². The molecule has 0 aliphatic heterocycles. The molecule has 0 heterocycles. The van der Waals surface area contributed by atoms with Crippen molar-refractivity contribution in [3.63, 3.8) is 0 Å². The van der Waals surface area contributed by atoms with Gasteiger partial charge in [0.15, 0.2) is 4.87 Å². The van der Waals surface area contributed by atoms with E-state index in [0.717, 1.165) is 0 Å². The predicted molar refractivity (Wildman–Crippen MR) is 63.5 cm³/mol. The van der Waals surface area contributed by atoms with E-state index < -0.39 is 20.9 Å². The molecule has 1 aromatic rings. The number of nitrogens with one attached hydrogen (secondary N) is 1. The highest BCUT2D eigenvalue weighted by Gasteiger charge is 2.32. The Morgan fingerprint density at radius 3 is 2.41 bits per heavy atom. The van der Waals surface area contributed by atoms with Crippen molar-refractivity contribution in [3.05, 3.63) is 30.3 Å². The minimum Gasteiger partial charge on any atom is -0.480 e. The molecule has 0 amide bonds. The van der Waals surface area contributed by atoms with Gasteiger partial charge in [0.05, 0.1) is 4.90 Å². The maximum absolute atomic E-state index is 11.7. The Hall–Kier alpha value is -1.11. The van der Waals surface area contributed by atoms with Crippen LogP contribution in [0.1, 0.15) is 6.92 Å². The third-order valence-electron chi connectivity index (χ3n) is 2.09. The molecular weight excluding hydrogens is 266 g/mol. The molecule has 0 spiro atoms. The molecule has 0 radical (unpaired) electrons. The first-order valence-corrected chi connectivity index (χ1v) is 6.59. The van der Waals surface area contributed by atoms with Crippen LogP contribution in [-0.2, 0) is 14.8 Å². The monoisotopic (exact) mass is 277 g/mol. The van der Waals surface area contributed by atoms with Gasteiger partial charge in [0.25, 0.3) is 0 Å². The minimum absolute atomic E-state index is 0.0675. The van der Waals surface area contributed by atoms with Crippen molar-refractivity contribution in [2.45, 2.75) is 16.7 Å². The van der Waals surface area contributed by atoms with E-state index in [1.807, 2.05) is 0 Å². The molecule has 7 heteroatoms. The number of carbonyl (C=O) groups is 1. The SMILES string of the molecule is CC(Cl)(CNS(=O)(=O)c1ccccc1)C(=O)O. The zero-order valence-corrected chi connectivity index (χ0v) is 10.6. The van der Waals surface area contributed by atoms with Crippen molar-refractivity contribution in [3.8, 4) is 0 Å². The van der Waals surface area contributed by atoms with Crippen LogP contribution in [0, 0.1) is 0 Å². The topological polar surface area (TPSA) is 83.5 Å². The van der Waals surface area contributed by atoms with Gasteiger partial charge < -0.3 is 5.11 Å². The average Bonchev–Trinajstić information content (AvgIpc) is 2.28. The highest BCUT2D eigenvalue weighted by atomic mass is 35.5. The summed E-state index contributed by atoms with van der Waals surface area (Å²) in [6.45, 7) is 0.839. The molecule has 1 unspecified atom stereocenters. The molecule has 1 rings (SSSR count). The molecule has 1 aromatic carbocycles. The molecule has 2 N–H and O–H groups in total. The van der Waals surface area contributed by atoms with Gasteiger partial charge >= 0.3 is 5.97 Å². The van der Waals surface area contributed by atoms with E-state index in [9.17, 15) is 13.2 Å². The summed E-state index contributed by atoms with van der Waals surface area (Å²) in [5.41, 5.74) is 0. The number of halogens is 1. The average molecular weight is 278 g/mol. The molecule has 0 bridgehead atoms. The van der Waals surface area contributed by atoms with Crippen molar-refractivity contribution in [2.75, 3.05) is 6.54 Å². The molecule has 0 saturated heterocycles. The van der Waals surface area contributed by atoms with E-state index in [0.29, 0.717) is 0 Å². The number of alkyl halides is 1. The lowest BCUT2D eigenvalue weighted by molar-refractivity contribution is -0.139. The first-order valence-electron chi connectivity index (χ1n) is 4.73. The summed E-state index contributed by atoms with van der Waals surface area (Å²) in [6, 6.07) is 7.66. The summed E-state index contributed by atoms with van der Waals surface area (Å²) in [4.78, 5) is 9.11. The van der Waals surface area contributed by atoms with Gasteiger partial charge in [0.1, 0.15) is 0 Å². The summed E-state index contributed by atoms with van der Waals surface area (Å²) in [5, 5.41) is 8.74. The van der Waals surface area contributed by atoms with Gasteiger partial charge in [-0.15, -0.1) is 11.6 Å². The van der Waals surface area contributed by atoms with Crippen molar-refractivity contribution in [1.29, 1.82) is 0 Å². The summed E-state index contributed by atoms with van der Waals surface area (Å²) < 4.78 is 25.6. The van der Waals surface area contributed by atoms with Crippen LogP contribution in [0.25, 0.3) is 0 Å². The lowest BCUT2D eigenvalue weighted by atomic mass is 10.2. The van der Waals surface area contributed by atoms with Crippen molar-refractivity contribution in [1.82, 2.24) is 4.72 Å². The number of carboxylic acids is 1. The molecular formula is C10H12ClNO4S. The van der Waals surface area contributed by atoms with Crippen molar-refractivity contribution < 1.29 is 18.3 Å². The Morgan fingerprint density at radius 2 is 1.94 bits per heavy atom. The summed E-state index contributed by atoms with van der Waals surface area (Å²) in [6.07, 6.45) is 0. The molecule has 17 heavy (non-hydrogen) atoms. The molecule has 0 aliphatic carbocycles. The van der Waals surface area contributed by atoms with Crippen molar-refractivity contribution in [2.24, 2.45) is 0 Å². The molecule has 0 aromatic heterocycles. The number of aliphatic carboxylic acids is 1. The normalized spacial score (nSPS) is 15.2. The van der Waals surface area contributed by atoms with Crippen LogP contribution in [-0.4, -0.2) is 30.9 Å². The van der Waals surface area contributed by atoms with Crippen LogP contribution < -0.4 is 4.72 Å².